The second kappa shape index (κ2) is 7.45. The first-order valence-corrected chi connectivity index (χ1v) is 9.59. The summed E-state index contributed by atoms with van der Waals surface area (Å²) in [5.74, 6) is 2.70. The van der Waals surface area contributed by atoms with E-state index in [0.717, 1.165) is 20.0 Å². The average Bonchev–Trinajstić information content (AvgIpc) is 3.16. The lowest BCUT2D eigenvalue weighted by Crippen LogP contribution is -1.82. The van der Waals surface area contributed by atoms with E-state index < -0.39 is 0 Å². The van der Waals surface area contributed by atoms with E-state index in [1.54, 1.807) is 47.0 Å². The standard InChI is InChI=1S/C13H11ClN4OS3/c1-2-20-12-16-17-13(22-12)21-7-10-15-11(18-19-10)8-3-5-9(14)6-4-8/h3-6H,2,7H2,1H3. The molecule has 3 aromatic rings. The van der Waals surface area contributed by atoms with Crippen molar-refractivity contribution in [3.05, 3.63) is 35.2 Å². The number of benzene rings is 1. The van der Waals surface area contributed by atoms with Gasteiger partial charge in [0.1, 0.15) is 0 Å². The molecule has 0 aliphatic heterocycles. The summed E-state index contributed by atoms with van der Waals surface area (Å²) in [6.07, 6.45) is 0. The van der Waals surface area contributed by atoms with Crippen molar-refractivity contribution >= 4 is 46.5 Å². The normalized spacial score (nSPS) is 11.0. The maximum absolute atomic E-state index is 5.87. The van der Waals surface area contributed by atoms with E-state index in [1.165, 1.54) is 0 Å². The second-order valence-electron chi connectivity index (χ2n) is 4.07. The number of rotatable bonds is 6. The van der Waals surface area contributed by atoms with E-state index in [0.29, 0.717) is 22.5 Å². The number of aromatic nitrogens is 4. The van der Waals surface area contributed by atoms with Crippen LogP contribution >= 0.6 is 46.5 Å². The molecule has 0 saturated heterocycles. The van der Waals surface area contributed by atoms with Crippen LogP contribution in [0.2, 0.25) is 5.02 Å². The molecule has 2 heterocycles. The molecule has 0 N–H and O–H groups in total. The van der Waals surface area contributed by atoms with Gasteiger partial charge in [-0.25, -0.2) is 0 Å². The van der Waals surface area contributed by atoms with Gasteiger partial charge in [0.25, 0.3) is 0 Å². The van der Waals surface area contributed by atoms with Crippen LogP contribution in [-0.4, -0.2) is 26.1 Å². The predicted molar refractivity (Wildman–Crippen MR) is 90.6 cm³/mol. The maximum atomic E-state index is 5.87. The van der Waals surface area contributed by atoms with E-state index in [9.17, 15) is 0 Å². The monoisotopic (exact) mass is 370 g/mol. The fourth-order valence-electron chi connectivity index (χ4n) is 1.59. The molecule has 0 aliphatic rings. The van der Waals surface area contributed by atoms with Crippen molar-refractivity contribution in [3.8, 4) is 11.4 Å². The van der Waals surface area contributed by atoms with Crippen molar-refractivity contribution in [1.82, 2.24) is 20.3 Å². The average molecular weight is 371 g/mol. The molecule has 0 atom stereocenters. The Labute approximate surface area is 144 Å². The highest BCUT2D eigenvalue weighted by Crippen LogP contribution is 2.30. The Hall–Kier alpha value is -1.09. The third-order valence-electron chi connectivity index (χ3n) is 2.55. The summed E-state index contributed by atoms with van der Waals surface area (Å²) in [6.45, 7) is 2.09. The molecule has 0 radical (unpaired) electrons. The maximum Gasteiger partial charge on any atom is 0.237 e. The van der Waals surface area contributed by atoms with Gasteiger partial charge in [0.2, 0.25) is 11.7 Å². The van der Waals surface area contributed by atoms with Crippen LogP contribution in [0.15, 0.2) is 37.5 Å². The largest absolute Gasteiger partial charge is 0.338 e. The number of halogens is 1. The van der Waals surface area contributed by atoms with Gasteiger partial charge >= 0.3 is 0 Å². The molecule has 0 spiro atoms. The molecule has 5 nitrogen and oxygen atoms in total. The number of hydrogen-bond donors (Lipinski definition) is 0. The molecule has 3 rings (SSSR count). The molecular formula is C13H11ClN4OS3. The van der Waals surface area contributed by atoms with Crippen LogP contribution in [0.25, 0.3) is 11.4 Å². The first-order chi connectivity index (χ1) is 10.7. The van der Waals surface area contributed by atoms with Crippen LogP contribution in [0.3, 0.4) is 0 Å². The van der Waals surface area contributed by atoms with Crippen molar-refractivity contribution in [1.29, 1.82) is 0 Å². The van der Waals surface area contributed by atoms with Crippen molar-refractivity contribution in [2.45, 2.75) is 21.4 Å². The van der Waals surface area contributed by atoms with Gasteiger partial charge in [-0.2, -0.15) is 4.98 Å². The summed E-state index contributed by atoms with van der Waals surface area (Å²) in [5.41, 5.74) is 0.877. The van der Waals surface area contributed by atoms with E-state index >= 15 is 0 Å². The zero-order valence-electron chi connectivity index (χ0n) is 11.5. The van der Waals surface area contributed by atoms with Gasteiger partial charge in [-0.15, -0.1) is 10.2 Å². The van der Waals surface area contributed by atoms with E-state index in [4.69, 9.17) is 16.1 Å². The van der Waals surface area contributed by atoms with E-state index in [-0.39, 0.29) is 0 Å². The van der Waals surface area contributed by atoms with Gasteiger partial charge in [0.15, 0.2) is 8.68 Å². The molecule has 1 aromatic carbocycles. The molecule has 2 aromatic heterocycles. The number of thioether (sulfide) groups is 2. The van der Waals surface area contributed by atoms with Crippen molar-refractivity contribution in [2.75, 3.05) is 5.75 Å². The van der Waals surface area contributed by atoms with Crippen molar-refractivity contribution in [2.24, 2.45) is 0 Å². The van der Waals surface area contributed by atoms with Crippen LogP contribution in [0, 0.1) is 0 Å². The van der Waals surface area contributed by atoms with Gasteiger partial charge < -0.3 is 4.52 Å². The lowest BCUT2D eigenvalue weighted by atomic mass is 10.2. The Morgan fingerprint density at radius 3 is 2.59 bits per heavy atom. The number of hydrogen-bond acceptors (Lipinski definition) is 8. The fourth-order valence-corrected chi connectivity index (χ4v) is 4.47. The van der Waals surface area contributed by atoms with Gasteiger partial charge in [-0.1, -0.05) is 58.5 Å². The van der Waals surface area contributed by atoms with E-state index in [2.05, 4.69) is 27.3 Å². The minimum Gasteiger partial charge on any atom is -0.338 e. The zero-order chi connectivity index (χ0) is 15.4. The number of nitrogens with zero attached hydrogens (tertiary/aromatic N) is 4. The summed E-state index contributed by atoms with van der Waals surface area (Å²) in [5, 5.41) is 12.9. The Kier molecular flexibility index (Phi) is 5.35. The molecular weight excluding hydrogens is 360 g/mol. The SMILES string of the molecule is CCSc1nnc(SCc2nc(-c3ccc(Cl)cc3)no2)s1. The predicted octanol–water partition coefficient (Wildman–Crippen LogP) is 4.65. The minimum atomic E-state index is 0.562. The molecule has 0 saturated carbocycles. The highest BCUT2D eigenvalue weighted by Gasteiger charge is 2.11. The van der Waals surface area contributed by atoms with Gasteiger partial charge in [0.05, 0.1) is 5.75 Å². The molecule has 114 valence electrons. The lowest BCUT2D eigenvalue weighted by molar-refractivity contribution is 0.391. The Balaban J connectivity index is 1.62. The van der Waals surface area contributed by atoms with Crippen LogP contribution in [0.1, 0.15) is 12.8 Å². The summed E-state index contributed by atoms with van der Waals surface area (Å²) in [4.78, 5) is 4.38. The highest BCUT2D eigenvalue weighted by atomic mass is 35.5. The quantitative estimate of drug-likeness (QED) is 0.585. The van der Waals surface area contributed by atoms with Crippen LogP contribution in [0.5, 0.6) is 0 Å². The topological polar surface area (TPSA) is 64.7 Å². The minimum absolute atomic E-state index is 0.562. The Morgan fingerprint density at radius 1 is 1.14 bits per heavy atom. The highest BCUT2D eigenvalue weighted by molar-refractivity contribution is 8.02. The van der Waals surface area contributed by atoms with Crippen molar-refractivity contribution < 1.29 is 4.52 Å². The zero-order valence-corrected chi connectivity index (χ0v) is 14.7. The summed E-state index contributed by atoms with van der Waals surface area (Å²) < 4.78 is 7.15. The second-order valence-corrected chi connectivity index (χ2v) is 8.22. The van der Waals surface area contributed by atoms with Crippen LogP contribution in [-0.2, 0) is 5.75 Å². The lowest BCUT2D eigenvalue weighted by Gasteiger charge is -1.93. The molecule has 0 fully saturated rings. The van der Waals surface area contributed by atoms with Crippen LogP contribution < -0.4 is 0 Å². The first kappa shape index (κ1) is 15.8. The molecule has 9 heteroatoms. The molecule has 22 heavy (non-hydrogen) atoms. The fraction of sp³-hybridized carbons (Fsp3) is 0.231. The van der Waals surface area contributed by atoms with E-state index in [1.807, 2.05) is 12.1 Å². The third kappa shape index (κ3) is 4.01. The molecule has 0 unspecified atom stereocenters. The molecule has 0 amide bonds. The van der Waals surface area contributed by atoms with Crippen molar-refractivity contribution in [3.63, 3.8) is 0 Å². The summed E-state index contributed by atoms with van der Waals surface area (Å²) in [7, 11) is 0. The summed E-state index contributed by atoms with van der Waals surface area (Å²) >= 11 is 10.7. The van der Waals surface area contributed by atoms with Gasteiger partial charge in [-0.05, 0) is 30.0 Å². The molecule has 0 bridgehead atoms. The summed E-state index contributed by atoms with van der Waals surface area (Å²) in [6, 6.07) is 7.33. The first-order valence-electron chi connectivity index (χ1n) is 6.42. The van der Waals surface area contributed by atoms with Gasteiger partial charge in [-0.3, -0.25) is 0 Å². The molecule has 0 aliphatic carbocycles. The van der Waals surface area contributed by atoms with Gasteiger partial charge in [0, 0.05) is 10.6 Å². The Bertz CT molecular complexity index is 744. The third-order valence-corrected chi connectivity index (χ3v) is 5.85. The van der Waals surface area contributed by atoms with Crippen LogP contribution in [0.4, 0.5) is 0 Å². The Morgan fingerprint density at radius 2 is 1.86 bits per heavy atom. The smallest absolute Gasteiger partial charge is 0.237 e.